The topological polar surface area (TPSA) is 67.9 Å². The lowest BCUT2D eigenvalue weighted by Gasteiger charge is -2.45. The SMILES string of the molecule is CNC(=O)COc1cccc(CC(=O)N2CCOCC2(C)C2CC2)c1. The number of hydrogen-bond acceptors (Lipinski definition) is 4. The van der Waals surface area contributed by atoms with E-state index in [4.69, 9.17) is 9.47 Å². The molecule has 2 fully saturated rings. The Kier molecular flexibility index (Phi) is 5.27. The number of hydrogen-bond donors (Lipinski definition) is 1. The zero-order valence-corrected chi connectivity index (χ0v) is 14.9. The molecule has 0 radical (unpaired) electrons. The molecule has 1 saturated heterocycles. The number of ether oxygens (including phenoxy) is 2. The number of nitrogens with one attached hydrogen (secondary N) is 1. The second-order valence-corrected chi connectivity index (χ2v) is 7.02. The number of benzene rings is 1. The van der Waals surface area contributed by atoms with Gasteiger partial charge in [0.05, 0.1) is 25.2 Å². The zero-order chi connectivity index (χ0) is 17.9. The molecule has 6 heteroatoms. The number of amides is 2. The fraction of sp³-hybridized carbons (Fsp3) is 0.579. The number of morpholine rings is 1. The summed E-state index contributed by atoms with van der Waals surface area (Å²) in [6.45, 7) is 3.99. The van der Waals surface area contributed by atoms with Crippen LogP contribution >= 0.6 is 0 Å². The first-order valence-corrected chi connectivity index (χ1v) is 8.83. The first kappa shape index (κ1) is 17.7. The van der Waals surface area contributed by atoms with Gasteiger partial charge < -0.3 is 19.7 Å². The number of carbonyl (C=O) groups excluding carboxylic acids is 2. The summed E-state index contributed by atoms with van der Waals surface area (Å²) in [4.78, 5) is 26.2. The highest BCUT2D eigenvalue weighted by Gasteiger charge is 2.49. The molecule has 1 aliphatic heterocycles. The quantitative estimate of drug-likeness (QED) is 0.845. The van der Waals surface area contributed by atoms with Gasteiger partial charge in [0, 0.05) is 13.6 Å². The summed E-state index contributed by atoms with van der Waals surface area (Å²) in [5, 5.41) is 2.51. The summed E-state index contributed by atoms with van der Waals surface area (Å²) in [6, 6.07) is 7.39. The van der Waals surface area contributed by atoms with Crippen LogP contribution in [0.3, 0.4) is 0 Å². The van der Waals surface area contributed by atoms with Crippen LogP contribution in [0.2, 0.25) is 0 Å². The van der Waals surface area contributed by atoms with Gasteiger partial charge >= 0.3 is 0 Å². The van der Waals surface area contributed by atoms with Crippen LogP contribution in [-0.4, -0.2) is 55.7 Å². The third kappa shape index (κ3) is 4.12. The van der Waals surface area contributed by atoms with Gasteiger partial charge in [0.2, 0.25) is 5.91 Å². The molecule has 1 N–H and O–H groups in total. The molecule has 1 atom stereocenters. The highest BCUT2D eigenvalue weighted by Crippen LogP contribution is 2.44. The van der Waals surface area contributed by atoms with Crippen LogP contribution in [-0.2, 0) is 20.7 Å². The average Bonchev–Trinajstić information content (AvgIpc) is 3.46. The average molecular weight is 346 g/mol. The van der Waals surface area contributed by atoms with Gasteiger partial charge in [-0.15, -0.1) is 0 Å². The number of rotatable bonds is 6. The summed E-state index contributed by atoms with van der Waals surface area (Å²) in [6.07, 6.45) is 2.68. The maximum absolute atomic E-state index is 12.9. The minimum absolute atomic E-state index is 0.0306. The van der Waals surface area contributed by atoms with Crippen LogP contribution in [0.25, 0.3) is 0 Å². The summed E-state index contributed by atoms with van der Waals surface area (Å²) in [5.74, 6) is 1.09. The number of nitrogens with zero attached hydrogens (tertiary/aromatic N) is 1. The third-order valence-corrected chi connectivity index (χ3v) is 5.13. The van der Waals surface area contributed by atoms with Gasteiger partial charge in [-0.1, -0.05) is 12.1 Å². The summed E-state index contributed by atoms with van der Waals surface area (Å²) in [5.41, 5.74) is 0.715. The second kappa shape index (κ2) is 7.44. The highest BCUT2D eigenvalue weighted by atomic mass is 16.5. The highest BCUT2D eigenvalue weighted by molar-refractivity contribution is 5.80. The van der Waals surface area contributed by atoms with Crippen LogP contribution in [0.5, 0.6) is 5.75 Å². The van der Waals surface area contributed by atoms with Crippen molar-refractivity contribution in [3.8, 4) is 5.75 Å². The van der Waals surface area contributed by atoms with Gasteiger partial charge in [-0.05, 0) is 43.4 Å². The smallest absolute Gasteiger partial charge is 0.257 e. The summed E-state index contributed by atoms with van der Waals surface area (Å²) >= 11 is 0. The third-order valence-electron chi connectivity index (χ3n) is 5.13. The monoisotopic (exact) mass is 346 g/mol. The van der Waals surface area contributed by atoms with Gasteiger partial charge in [0.1, 0.15) is 5.75 Å². The summed E-state index contributed by atoms with van der Waals surface area (Å²) < 4.78 is 11.1. The second-order valence-electron chi connectivity index (χ2n) is 7.02. The molecule has 25 heavy (non-hydrogen) atoms. The van der Waals surface area contributed by atoms with Gasteiger partial charge in [0.25, 0.3) is 5.91 Å². The van der Waals surface area contributed by atoms with Crippen molar-refractivity contribution >= 4 is 11.8 Å². The van der Waals surface area contributed by atoms with Crippen LogP contribution in [0.15, 0.2) is 24.3 Å². The van der Waals surface area contributed by atoms with Crippen molar-refractivity contribution < 1.29 is 19.1 Å². The van der Waals surface area contributed by atoms with E-state index in [2.05, 4.69) is 12.2 Å². The van der Waals surface area contributed by atoms with Crippen molar-refractivity contribution in [2.45, 2.75) is 31.7 Å². The maximum Gasteiger partial charge on any atom is 0.257 e. The van der Waals surface area contributed by atoms with E-state index < -0.39 is 0 Å². The fourth-order valence-corrected chi connectivity index (χ4v) is 3.46. The predicted molar refractivity (Wildman–Crippen MR) is 93.4 cm³/mol. The molecule has 6 nitrogen and oxygen atoms in total. The summed E-state index contributed by atoms with van der Waals surface area (Å²) in [7, 11) is 1.57. The van der Waals surface area contributed by atoms with Crippen molar-refractivity contribution in [3.63, 3.8) is 0 Å². The lowest BCUT2D eigenvalue weighted by Crippen LogP contribution is -2.59. The van der Waals surface area contributed by atoms with Crippen LogP contribution in [0, 0.1) is 5.92 Å². The zero-order valence-electron chi connectivity index (χ0n) is 14.9. The maximum atomic E-state index is 12.9. The molecular formula is C19H26N2O4. The molecule has 1 heterocycles. The standard InChI is InChI=1S/C19H26N2O4/c1-19(15-6-7-15)13-24-9-8-21(19)18(23)11-14-4-3-5-16(10-14)25-12-17(22)20-2/h3-5,10,15H,6-9,11-13H2,1-2H3,(H,20,22). The van der Waals surface area contributed by atoms with E-state index in [1.165, 1.54) is 12.8 Å². The van der Waals surface area contributed by atoms with E-state index in [9.17, 15) is 9.59 Å². The molecule has 1 unspecified atom stereocenters. The minimum atomic E-state index is -0.185. The Hall–Kier alpha value is -2.08. The molecule has 1 aromatic rings. The van der Waals surface area contributed by atoms with Gasteiger partial charge in [-0.25, -0.2) is 0 Å². The van der Waals surface area contributed by atoms with Crippen molar-refractivity contribution in [1.29, 1.82) is 0 Å². The Morgan fingerprint density at radius 1 is 1.40 bits per heavy atom. The van der Waals surface area contributed by atoms with Gasteiger partial charge in [-0.3, -0.25) is 9.59 Å². The van der Waals surface area contributed by atoms with Gasteiger partial charge in [0.15, 0.2) is 6.61 Å². The molecule has 2 aliphatic rings. The molecule has 0 bridgehead atoms. The Bertz CT molecular complexity index is 644. The number of likely N-dealkylation sites (N-methyl/N-ethyl adjacent to an activating group) is 1. The van der Waals surface area contributed by atoms with E-state index in [0.717, 1.165) is 5.56 Å². The van der Waals surface area contributed by atoms with Crippen molar-refractivity contribution in [2.75, 3.05) is 33.4 Å². The van der Waals surface area contributed by atoms with E-state index in [-0.39, 0.29) is 24.0 Å². The largest absolute Gasteiger partial charge is 0.484 e. The molecule has 1 aromatic carbocycles. The Morgan fingerprint density at radius 2 is 2.20 bits per heavy atom. The predicted octanol–water partition coefficient (Wildman–Crippen LogP) is 1.38. The van der Waals surface area contributed by atoms with Crippen molar-refractivity contribution in [3.05, 3.63) is 29.8 Å². The lowest BCUT2D eigenvalue weighted by molar-refractivity contribution is -0.149. The van der Waals surface area contributed by atoms with Gasteiger partial charge in [-0.2, -0.15) is 0 Å². The Balaban J connectivity index is 1.65. The molecule has 1 aliphatic carbocycles. The fourth-order valence-electron chi connectivity index (χ4n) is 3.46. The van der Waals surface area contributed by atoms with E-state index in [0.29, 0.717) is 37.8 Å². The molecule has 0 spiro atoms. The van der Waals surface area contributed by atoms with E-state index in [1.54, 1.807) is 13.1 Å². The van der Waals surface area contributed by atoms with Crippen LogP contribution in [0.4, 0.5) is 0 Å². The van der Waals surface area contributed by atoms with Crippen molar-refractivity contribution in [2.24, 2.45) is 5.92 Å². The van der Waals surface area contributed by atoms with E-state index in [1.807, 2.05) is 23.1 Å². The minimum Gasteiger partial charge on any atom is -0.484 e. The first-order chi connectivity index (χ1) is 12.0. The molecular weight excluding hydrogens is 320 g/mol. The van der Waals surface area contributed by atoms with Crippen LogP contribution in [0.1, 0.15) is 25.3 Å². The first-order valence-electron chi connectivity index (χ1n) is 8.83. The van der Waals surface area contributed by atoms with E-state index >= 15 is 0 Å². The number of carbonyl (C=O) groups is 2. The molecule has 2 amide bonds. The molecule has 1 saturated carbocycles. The Morgan fingerprint density at radius 3 is 2.92 bits per heavy atom. The normalized spacial score (nSPS) is 23.2. The molecule has 3 rings (SSSR count). The Labute approximate surface area is 148 Å². The molecule has 0 aromatic heterocycles. The van der Waals surface area contributed by atoms with Crippen LogP contribution < -0.4 is 10.1 Å². The van der Waals surface area contributed by atoms with Crippen molar-refractivity contribution in [1.82, 2.24) is 10.2 Å². The lowest BCUT2D eigenvalue weighted by atomic mass is 9.92. The molecule has 136 valence electrons.